The van der Waals surface area contributed by atoms with Gasteiger partial charge in [0.25, 0.3) is 0 Å². The van der Waals surface area contributed by atoms with Crippen LogP contribution in [0.2, 0.25) is 0 Å². The number of ether oxygens (including phenoxy) is 3. The topological polar surface area (TPSA) is 117 Å². The zero-order chi connectivity index (χ0) is 26.3. The van der Waals surface area contributed by atoms with Crippen LogP contribution in [0, 0.1) is 0 Å². The molecule has 37 heavy (non-hydrogen) atoms. The molecule has 0 radical (unpaired) electrons. The van der Waals surface area contributed by atoms with E-state index in [0.29, 0.717) is 6.61 Å². The van der Waals surface area contributed by atoms with Gasteiger partial charge in [0.05, 0.1) is 13.2 Å². The molecule has 0 aliphatic carbocycles. The van der Waals surface area contributed by atoms with Gasteiger partial charge < -0.3 is 25.3 Å². The van der Waals surface area contributed by atoms with Crippen LogP contribution >= 0.6 is 0 Å². The summed E-state index contributed by atoms with van der Waals surface area (Å²) in [5, 5.41) is 2.60. The van der Waals surface area contributed by atoms with E-state index in [2.05, 4.69) is 5.32 Å². The zero-order valence-electron chi connectivity index (χ0n) is 20.6. The Labute approximate surface area is 216 Å². The standard InChI is InChI=1S/C29H32N2O6/c30-25(21-35-18-22-10-4-1-5-11-22)28(33)31-26(29(34)37-20-24-14-8-3-9-15-24)16-17-27(32)36-19-23-12-6-2-7-13-23/h1-15,25-26H,16-21,30H2,(H,31,33)/t25-,26-/m0/s1. The number of rotatable bonds is 14. The van der Waals surface area contributed by atoms with Gasteiger partial charge in [0.15, 0.2) is 0 Å². The van der Waals surface area contributed by atoms with Crippen molar-refractivity contribution >= 4 is 17.8 Å². The molecule has 3 aromatic rings. The van der Waals surface area contributed by atoms with E-state index in [1.807, 2.05) is 91.0 Å². The second-order valence-corrected chi connectivity index (χ2v) is 8.45. The predicted molar refractivity (Wildman–Crippen MR) is 138 cm³/mol. The molecule has 8 nitrogen and oxygen atoms in total. The van der Waals surface area contributed by atoms with E-state index in [0.717, 1.165) is 16.7 Å². The van der Waals surface area contributed by atoms with Crippen molar-refractivity contribution in [3.63, 3.8) is 0 Å². The third-order valence-corrected chi connectivity index (χ3v) is 5.45. The summed E-state index contributed by atoms with van der Waals surface area (Å²) in [6.45, 7) is 0.429. The maximum atomic E-state index is 12.8. The number of carbonyl (C=O) groups excluding carboxylic acids is 3. The Morgan fingerprint density at radius 2 is 1.19 bits per heavy atom. The lowest BCUT2D eigenvalue weighted by Gasteiger charge is -2.20. The van der Waals surface area contributed by atoms with Crippen molar-refractivity contribution in [3.8, 4) is 0 Å². The number of benzene rings is 3. The first-order valence-electron chi connectivity index (χ1n) is 12.1. The molecule has 3 N–H and O–H groups in total. The Morgan fingerprint density at radius 3 is 1.73 bits per heavy atom. The second kappa shape index (κ2) is 15.2. The normalized spacial score (nSPS) is 12.2. The fourth-order valence-electron chi connectivity index (χ4n) is 3.38. The highest BCUT2D eigenvalue weighted by Crippen LogP contribution is 2.09. The number of nitrogens with two attached hydrogens (primary N) is 1. The van der Waals surface area contributed by atoms with Crippen LogP contribution in [0.1, 0.15) is 29.5 Å². The Kier molecular flexibility index (Phi) is 11.3. The van der Waals surface area contributed by atoms with Crippen molar-refractivity contribution in [2.24, 2.45) is 5.73 Å². The molecular weight excluding hydrogens is 472 g/mol. The van der Waals surface area contributed by atoms with Crippen LogP contribution in [0.25, 0.3) is 0 Å². The van der Waals surface area contributed by atoms with E-state index < -0.39 is 29.9 Å². The van der Waals surface area contributed by atoms with Gasteiger partial charge in [0.1, 0.15) is 25.3 Å². The SMILES string of the molecule is N[C@@H](COCc1ccccc1)C(=O)N[C@@H](CCC(=O)OCc1ccccc1)C(=O)OCc1ccccc1. The molecule has 3 rings (SSSR count). The number of nitrogens with one attached hydrogen (secondary N) is 1. The molecule has 0 aliphatic rings. The zero-order valence-corrected chi connectivity index (χ0v) is 20.6. The lowest BCUT2D eigenvalue weighted by atomic mass is 10.1. The Hall–Kier alpha value is -4.01. The highest BCUT2D eigenvalue weighted by molar-refractivity contribution is 5.87. The maximum Gasteiger partial charge on any atom is 0.328 e. The van der Waals surface area contributed by atoms with Crippen molar-refractivity contribution < 1.29 is 28.6 Å². The summed E-state index contributed by atoms with van der Waals surface area (Å²) < 4.78 is 16.2. The van der Waals surface area contributed by atoms with Crippen LogP contribution in [-0.4, -0.2) is 36.5 Å². The summed E-state index contributed by atoms with van der Waals surface area (Å²) >= 11 is 0. The molecule has 2 atom stereocenters. The van der Waals surface area contributed by atoms with Crippen molar-refractivity contribution in [1.29, 1.82) is 0 Å². The van der Waals surface area contributed by atoms with Gasteiger partial charge in [-0.15, -0.1) is 0 Å². The third kappa shape index (κ3) is 10.2. The summed E-state index contributed by atoms with van der Waals surface area (Å²) in [5.41, 5.74) is 8.58. The van der Waals surface area contributed by atoms with Gasteiger partial charge in [-0.3, -0.25) is 9.59 Å². The molecule has 1 amide bonds. The monoisotopic (exact) mass is 504 g/mol. The highest BCUT2D eigenvalue weighted by Gasteiger charge is 2.26. The summed E-state index contributed by atoms with van der Waals surface area (Å²) in [7, 11) is 0. The summed E-state index contributed by atoms with van der Waals surface area (Å²) in [5.74, 6) is -1.73. The molecule has 0 spiro atoms. The molecule has 0 aromatic heterocycles. The van der Waals surface area contributed by atoms with Gasteiger partial charge >= 0.3 is 11.9 Å². The molecule has 8 heteroatoms. The first-order chi connectivity index (χ1) is 18.0. The molecule has 0 fully saturated rings. The van der Waals surface area contributed by atoms with E-state index in [-0.39, 0.29) is 32.7 Å². The van der Waals surface area contributed by atoms with E-state index in [9.17, 15) is 14.4 Å². The van der Waals surface area contributed by atoms with E-state index in [1.165, 1.54) is 0 Å². The molecule has 0 aliphatic heterocycles. The predicted octanol–water partition coefficient (Wildman–Crippen LogP) is 3.28. The number of hydrogen-bond acceptors (Lipinski definition) is 7. The van der Waals surface area contributed by atoms with Crippen LogP contribution in [0.15, 0.2) is 91.0 Å². The number of amides is 1. The van der Waals surface area contributed by atoms with Gasteiger partial charge in [-0.25, -0.2) is 4.79 Å². The average Bonchev–Trinajstić information content (AvgIpc) is 2.94. The second-order valence-electron chi connectivity index (χ2n) is 8.45. The first-order valence-corrected chi connectivity index (χ1v) is 12.1. The van der Waals surface area contributed by atoms with Crippen molar-refractivity contribution in [2.75, 3.05) is 6.61 Å². The van der Waals surface area contributed by atoms with Gasteiger partial charge in [-0.2, -0.15) is 0 Å². The molecule has 0 saturated heterocycles. The third-order valence-electron chi connectivity index (χ3n) is 5.45. The molecule has 0 heterocycles. The smallest absolute Gasteiger partial charge is 0.328 e. The summed E-state index contributed by atoms with van der Waals surface area (Å²) in [6.07, 6.45) is -0.0808. The fourth-order valence-corrected chi connectivity index (χ4v) is 3.38. The number of carbonyl (C=O) groups is 3. The van der Waals surface area contributed by atoms with E-state index >= 15 is 0 Å². The van der Waals surface area contributed by atoms with Crippen molar-refractivity contribution in [2.45, 2.75) is 44.7 Å². The first kappa shape index (κ1) is 27.6. The minimum absolute atomic E-state index is 0.00454. The van der Waals surface area contributed by atoms with Crippen LogP contribution in [-0.2, 0) is 48.4 Å². The van der Waals surface area contributed by atoms with Crippen molar-refractivity contribution in [1.82, 2.24) is 5.32 Å². The molecule has 3 aromatic carbocycles. The van der Waals surface area contributed by atoms with Crippen molar-refractivity contribution in [3.05, 3.63) is 108 Å². The summed E-state index contributed by atoms with van der Waals surface area (Å²) in [6, 6.07) is 25.9. The fraction of sp³-hybridized carbons (Fsp3) is 0.276. The largest absolute Gasteiger partial charge is 0.461 e. The Bertz CT molecular complexity index is 1110. The number of esters is 2. The summed E-state index contributed by atoms with van der Waals surface area (Å²) in [4.78, 5) is 37.8. The van der Waals surface area contributed by atoms with Gasteiger partial charge in [0, 0.05) is 6.42 Å². The minimum atomic E-state index is -1.07. The lowest BCUT2D eigenvalue weighted by Crippen LogP contribution is -2.50. The van der Waals surface area contributed by atoms with Crippen LogP contribution < -0.4 is 11.1 Å². The number of hydrogen-bond donors (Lipinski definition) is 2. The Balaban J connectivity index is 1.52. The molecule has 0 unspecified atom stereocenters. The molecule has 194 valence electrons. The van der Waals surface area contributed by atoms with E-state index in [4.69, 9.17) is 19.9 Å². The van der Waals surface area contributed by atoms with Crippen LogP contribution in [0.3, 0.4) is 0 Å². The lowest BCUT2D eigenvalue weighted by molar-refractivity contribution is -0.150. The molecule has 0 saturated carbocycles. The average molecular weight is 505 g/mol. The quantitative estimate of drug-likeness (QED) is 0.324. The highest BCUT2D eigenvalue weighted by atomic mass is 16.5. The Morgan fingerprint density at radius 1 is 0.703 bits per heavy atom. The van der Waals surface area contributed by atoms with E-state index in [1.54, 1.807) is 0 Å². The maximum absolute atomic E-state index is 12.8. The van der Waals surface area contributed by atoms with Crippen LogP contribution in [0.5, 0.6) is 0 Å². The molecule has 0 bridgehead atoms. The van der Waals surface area contributed by atoms with Crippen LogP contribution in [0.4, 0.5) is 0 Å². The van der Waals surface area contributed by atoms with Gasteiger partial charge in [-0.05, 0) is 23.1 Å². The minimum Gasteiger partial charge on any atom is -0.461 e. The van der Waals surface area contributed by atoms with Gasteiger partial charge in [-0.1, -0.05) is 91.0 Å². The molecular formula is C29H32N2O6. The van der Waals surface area contributed by atoms with Gasteiger partial charge in [0.2, 0.25) is 5.91 Å².